The SMILES string of the molecule is COc1ccc(C(=O)NCC(O)COc2ccc(C(F)(F)F)cc2)c(OC)c1OC. The molecule has 0 aliphatic carbocycles. The van der Waals surface area contributed by atoms with Crippen molar-refractivity contribution in [1.82, 2.24) is 5.32 Å². The van der Waals surface area contributed by atoms with Crippen LogP contribution in [0, 0.1) is 0 Å². The van der Waals surface area contributed by atoms with Crippen molar-refractivity contribution in [3.05, 3.63) is 47.5 Å². The van der Waals surface area contributed by atoms with E-state index in [1.165, 1.54) is 27.4 Å². The minimum absolute atomic E-state index is 0.156. The number of hydrogen-bond acceptors (Lipinski definition) is 6. The first-order valence-corrected chi connectivity index (χ1v) is 8.76. The lowest BCUT2D eigenvalue weighted by atomic mass is 10.1. The summed E-state index contributed by atoms with van der Waals surface area (Å²) < 4.78 is 58.5. The maximum Gasteiger partial charge on any atom is 0.416 e. The number of methoxy groups -OCH3 is 3. The third-order valence-corrected chi connectivity index (χ3v) is 4.07. The quantitative estimate of drug-likeness (QED) is 0.638. The van der Waals surface area contributed by atoms with Gasteiger partial charge in [-0.05, 0) is 36.4 Å². The molecular formula is C20H22F3NO6. The Balaban J connectivity index is 1.93. The van der Waals surface area contributed by atoms with Gasteiger partial charge in [-0.1, -0.05) is 0 Å². The summed E-state index contributed by atoms with van der Waals surface area (Å²) in [5.74, 6) is 0.441. The van der Waals surface area contributed by atoms with Crippen LogP contribution in [0.5, 0.6) is 23.0 Å². The number of halogens is 3. The van der Waals surface area contributed by atoms with Crippen LogP contribution in [0.3, 0.4) is 0 Å². The first kappa shape index (κ1) is 23.1. The molecule has 10 heteroatoms. The fourth-order valence-corrected chi connectivity index (χ4v) is 2.58. The van der Waals surface area contributed by atoms with Gasteiger partial charge in [0.25, 0.3) is 5.91 Å². The second-order valence-electron chi connectivity index (χ2n) is 6.08. The fourth-order valence-electron chi connectivity index (χ4n) is 2.58. The van der Waals surface area contributed by atoms with E-state index < -0.39 is 23.8 Å². The molecule has 0 bridgehead atoms. The third-order valence-electron chi connectivity index (χ3n) is 4.07. The number of carbonyl (C=O) groups excluding carboxylic acids is 1. The number of carbonyl (C=O) groups is 1. The number of hydrogen-bond donors (Lipinski definition) is 2. The van der Waals surface area contributed by atoms with Crippen LogP contribution in [-0.4, -0.2) is 51.6 Å². The molecule has 0 fully saturated rings. The number of ether oxygens (including phenoxy) is 4. The smallest absolute Gasteiger partial charge is 0.416 e. The van der Waals surface area contributed by atoms with E-state index in [4.69, 9.17) is 18.9 Å². The van der Waals surface area contributed by atoms with Crippen molar-refractivity contribution in [3.63, 3.8) is 0 Å². The van der Waals surface area contributed by atoms with Crippen LogP contribution in [0.1, 0.15) is 15.9 Å². The molecule has 1 unspecified atom stereocenters. The highest BCUT2D eigenvalue weighted by Crippen LogP contribution is 2.39. The van der Waals surface area contributed by atoms with Crippen LogP contribution in [0.4, 0.5) is 13.2 Å². The van der Waals surface area contributed by atoms with Gasteiger partial charge in [-0.3, -0.25) is 4.79 Å². The molecular weight excluding hydrogens is 407 g/mol. The van der Waals surface area contributed by atoms with Gasteiger partial charge in [0.15, 0.2) is 11.5 Å². The number of benzene rings is 2. The van der Waals surface area contributed by atoms with Crippen molar-refractivity contribution in [2.24, 2.45) is 0 Å². The number of rotatable bonds is 9. The predicted molar refractivity (Wildman–Crippen MR) is 101 cm³/mol. The van der Waals surface area contributed by atoms with Gasteiger partial charge in [0, 0.05) is 6.54 Å². The van der Waals surface area contributed by atoms with Crippen molar-refractivity contribution in [3.8, 4) is 23.0 Å². The minimum atomic E-state index is -4.44. The molecule has 0 radical (unpaired) electrons. The summed E-state index contributed by atoms with van der Waals surface area (Å²) in [4.78, 5) is 12.5. The Morgan fingerprint density at radius 2 is 1.63 bits per heavy atom. The van der Waals surface area contributed by atoms with Crippen LogP contribution in [0.2, 0.25) is 0 Å². The van der Waals surface area contributed by atoms with Gasteiger partial charge in [0.2, 0.25) is 5.75 Å². The summed E-state index contributed by atoms with van der Waals surface area (Å²) >= 11 is 0. The van der Waals surface area contributed by atoms with Crippen LogP contribution in [0.15, 0.2) is 36.4 Å². The molecule has 0 saturated carbocycles. The highest BCUT2D eigenvalue weighted by atomic mass is 19.4. The molecule has 2 aromatic rings. The lowest BCUT2D eigenvalue weighted by Gasteiger charge is -2.17. The molecule has 1 amide bonds. The van der Waals surface area contributed by atoms with Crippen LogP contribution in [0.25, 0.3) is 0 Å². The molecule has 2 rings (SSSR count). The summed E-state index contributed by atoms with van der Waals surface area (Å²) in [5.41, 5.74) is -0.627. The maximum atomic E-state index is 12.5. The van der Waals surface area contributed by atoms with Crippen LogP contribution in [-0.2, 0) is 6.18 Å². The van der Waals surface area contributed by atoms with E-state index >= 15 is 0 Å². The number of nitrogens with one attached hydrogen (secondary N) is 1. The van der Waals surface area contributed by atoms with Crippen molar-refractivity contribution in [2.75, 3.05) is 34.5 Å². The maximum absolute atomic E-state index is 12.5. The van der Waals surface area contributed by atoms with Gasteiger partial charge in [-0.15, -0.1) is 0 Å². The first-order valence-electron chi connectivity index (χ1n) is 8.76. The zero-order valence-corrected chi connectivity index (χ0v) is 16.6. The third kappa shape index (κ3) is 5.69. The average Bonchev–Trinajstić information content (AvgIpc) is 2.74. The lowest BCUT2D eigenvalue weighted by Crippen LogP contribution is -2.35. The van der Waals surface area contributed by atoms with E-state index in [9.17, 15) is 23.1 Å². The van der Waals surface area contributed by atoms with Crippen molar-refractivity contribution >= 4 is 5.91 Å². The Kier molecular flexibility index (Phi) is 7.76. The Labute approximate surface area is 171 Å². The van der Waals surface area contributed by atoms with E-state index in [1.54, 1.807) is 6.07 Å². The molecule has 0 heterocycles. The van der Waals surface area contributed by atoms with Crippen molar-refractivity contribution in [2.45, 2.75) is 12.3 Å². The zero-order valence-electron chi connectivity index (χ0n) is 16.6. The highest BCUT2D eigenvalue weighted by molar-refractivity contribution is 5.98. The molecule has 0 saturated heterocycles. The molecule has 1 atom stereocenters. The van der Waals surface area contributed by atoms with Crippen LogP contribution < -0.4 is 24.3 Å². The Morgan fingerprint density at radius 3 is 2.17 bits per heavy atom. The predicted octanol–water partition coefficient (Wildman–Crippen LogP) is 2.90. The molecule has 7 nitrogen and oxygen atoms in total. The minimum Gasteiger partial charge on any atom is -0.493 e. The standard InChI is InChI=1S/C20H22F3NO6/c1-27-16-9-8-15(17(28-2)18(16)29-3)19(26)24-10-13(25)11-30-14-6-4-12(5-7-14)20(21,22)23/h4-9,13,25H,10-11H2,1-3H3,(H,24,26). The Morgan fingerprint density at radius 1 is 1.00 bits per heavy atom. The van der Waals surface area contributed by atoms with E-state index in [0.29, 0.717) is 5.75 Å². The van der Waals surface area contributed by atoms with E-state index in [1.807, 2.05) is 0 Å². The number of aliphatic hydroxyl groups excluding tert-OH is 1. The van der Waals surface area contributed by atoms with Gasteiger partial charge in [0.1, 0.15) is 18.5 Å². The van der Waals surface area contributed by atoms with E-state index in [0.717, 1.165) is 24.3 Å². The lowest BCUT2D eigenvalue weighted by molar-refractivity contribution is -0.137. The first-order chi connectivity index (χ1) is 14.2. The van der Waals surface area contributed by atoms with E-state index in [-0.39, 0.29) is 36.0 Å². The molecule has 0 aromatic heterocycles. The zero-order chi connectivity index (χ0) is 22.3. The topological polar surface area (TPSA) is 86.3 Å². The van der Waals surface area contributed by atoms with Gasteiger partial charge in [-0.2, -0.15) is 13.2 Å². The molecule has 164 valence electrons. The van der Waals surface area contributed by atoms with Crippen molar-refractivity contribution < 1.29 is 42.0 Å². The van der Waals surface area contributed by atoms with Gasteiger partial charge < -0.3 is 29.4 Å². The summed E-state index contributed by atoms with van der Waals surface area (Å²) in [5, 5.41) is 12.5. The molecule has 2 N–H and O–H groups in total. The van der Waals surface area contributed by atoms with E-state index in [2.05, 4.69) is 5.32 Å². The second-order valence-corrected chi connectivity index (χ2v) is 6.08. The van der Waals surface area contributed by atoms with Crippen LogP contribution >= 0.6 is 0 Å². The Hall–Kier alpha value is -3.14. The molecule has 30 heavy (non-hydrogen) atoms. The number of aliphatic hydroxyl groups is 1. The van der Waals surface area contributed by atoms with Gasteiger partial charge in [0.05, 0.1) is 32.5 Å². The molecule has 2 aromatic carbocycles. The molecule has 0 aliphatic heterocycles. The fraction of sp³-hybridized carbons (Fsp3) is 0.350. The largest absolute Gasteiger partial charge is 0.493 e. The van der Waals surface area contributed by atoms with Crippen molar-refractivity contribution in [1.29, 1.82) is 0 Å². The second kappa shape index (κ2) is 10.1. The Bertz CT molecular complexity index is 855. The van der Waals surface area contributed by atoms with Gasteiger partial charge in [-0.25, -0.2) is 0 Å². The highest BCUT2D eigenvalue weighted by Gasteiger charge is 2.30. The summed E-state index contributed by atoms with van der Waals surface area (Å²) in [6, 6.07) is 7.10. The summed E-state index contributed by atoms with van der Waals surface area (Å²) in [6.45, 7) is -0.383. The summed E-state index contributed by atoms with van der Waals surface area (Å²) in [7, 11) is 4.23. The average molecular weight is 429 g/mol. The molecule has 0 aliphatic rings. The number of alkyl halides is 3. The normalized spacial score (nSPS) is 12.1. The number of amides is 1. The summed E-state index contributed by atoms with van der Waals surface area (Å²) in [6.07, 6.45) is -5.53. The molecule has 0 spiro atoms. The van der Waals surface area contributed by atoms with Gasteiger partial charge >= 0.3 is 6.18 Å². The monoisotopic (exact) mass is 429 g/mol.